The van der Waals surface area contributed by atoms with Crippen LogP contribution in [0.25, 0.3) is 0 Å². The Kier molecular flexibility index (Phi) is 55.7. The highest BCUT2D eigenvalue weighted by Crippen LogP contribution is 2.16. The second kappa shape index (κ2) is 57.9. The van der Waals surface area contributed by atoms with Gasteiger partial charge in [0, 0.05) is 19.3 Å². The highest BCUT2D eigenvalue weighted by atomic mass is 16.6. The van der Waals surface area contributed by atoms with Crippen LogP contribution >= 0.6 is 0 Å². The lowest BCUT2D eigenvalue weighted by molar-refractivity contribution is -0.167. The van der Waals surface area contributed by atoms with E-state index in [-0.39, 0.29) is 31.1 Å². The van der Waals surface area contributed by atoms with Crippen molar-refractivity contribution in [3.8, 4) is 0 Å². The van der Waals surface area contributed by atoms with Crippen LogP contribution in [0, 0.1) is 0 Å². The highest BCUT2D eigenvalue weighted by Gasteiger charge is 2.19. The normalized spacial score (nSPS) is 12.3. The van der Waals surface area contributed by atoms with Crippen molar-refractivity contribution in [3.63, 3.8) is 0 Å². The summed E-state index contributed by atoms with van der Waals surface area (Å²) in [5, 5.41) is 0. The van der Waals surface area contributed by atoms with Gasteiger partial charge in [0.2, 0.25) is 0 Å². The number of hydrogen-bond donors (Lipinski definition) is 0. The molecular weight excluding hydrogens is 853 g/mol. The van der Waals surface area contributed by atoms with Gasteiger partial charge in [-0.2, -0.15) is 0 Å². The molecule has 0 heterocycles. The highest BCUT2D eigenvalue weighted by molar-refractivity contribution is 5.71. The molecule has 6 nitrogen and oxygen atoms in total. The smallest absolute Gasteiger partial charge is 0.306 e. The molecule has 0 saturated carbocycles. The van der Waals surface area contributed by atoms with E-state index in [4.69, 9.17) is 14.2 Å². The second-order valence-corrected chi connectivity index (χ2v) is 20.3. The molecule has 0 aliphatic heterocycles. The average molecular weight is 968 g/mol. The van der Waals surface area contributed by atoms with Crippen LogP contribution in [-0.4, -0.2) is 37.2 Å². The largest absolute Gasteiger partial charge is 0.462 e. The Morgan fingerprint density at radius 2 is 0.522 bits per heavy atom. The van der Waals surface area contributed by atoms with Crippen LogP contribution in [-0.2, 0) is 28.6 Å². The molecule has 0 fully saturated rings. The van der Waals surface area contributed by atoms with E-state index in [0.29, 0.717) is 19.3 Å². The Bertz CT molecular complexity index is 1200. The summed E-state index contributed by atoms with van der Waals surface area (Å²) < 4.78 is 16.8. The summed E-state index contributed by atoms with van der Waals surface area (Å²) in [5.41, 5.74) is 0. The molecule has 0 aromatic carbocycles. The summed E-state index contributed by atoms with van der Waals surface area (Å²) in [7, 11) is 0. The molecule has 0 aliphatic carbocycles. The van der Waals surface area contributed by atoms with Crippen molar-refractivity contribution in [2.45, 2.75) is 322 Å². The zero-order valence-electron chi connectivity index (χ0n) is 46.1. The fourth-order valence-corrected chi connectivity index (χ4v) is 8.74. The van der Waals surface area contributed by atoms with Crippen molar-refractivity contribution in [3.05, 3.63) is 48.6 Å². The predicted molar refractivity (Wildman–Crippen MR) is 298 cm³/mol. The van der Waals surface area contributed by atoms with Crippen molar-refractivity contribution in [1.82, 2.24) is 0 Å². The van der Waals surface area contributed by atoms with Gasteiger partial charge in [0.05, 0.1) is 0 Å². The molecule has 0 saturated heterocycles. The lowest BCUT2D eigenvalue weighted by Gasteiger charge is -2.18. The van der Waals surface area contributed by atoms with Gasteiger partial charge in [-0.05, 0) is 83.5 Å². The number of carbonyl (C=O) groups is 3. The molecule has 1 unspecified atom stereocenters. The number of unbranched alkanes of at least 4 members (excludes halogenated alkanes) is 36. The third kappa shape index (κ3) is 56.2. The number of ether oxygens (including phenoxy) is 3. The molecule has 0 radical (unpaired) electrons. The van der Waals surface area contributed by atoms with Crippen LogP contribution in [0.15, 0.2) is 48.6 Å². The van der Waals surface area contributed by atoms with Crippen molar-refractivity contribution >= 4 is 17.9 Å². The summed E-state index contributed by atoms with van der Waals surface area (Å²) in [5.74, 6) is -0.871. The molecule has 1 atom stereocenters. The molecule has 0 aliphatic rings. The Balaban J connectivity index is 4.18. The maximum absolute atomic E-state index is 12.8. The van der Waals surface area contributed by atoms with Gasteiger partial charge in [-0.1, -0.05) is 262 Å². The Morgan fingerprint density at radius 3 is 0.841 bits per heavy atom. The summed E-state index contributed by atoms with van der Waals surface area (Å²) in [4.78, 5) is 38.1. The van der Waals surface area contributed by atoms with Crippen LogP contribution < -0.4 is 0 Å². The quantitative estimate of drug-likeness (QED) is 0.0262. The number of rotatable bonds is 55. The van der Waals surface area contributed by atoms with Gasteiger partial charge in [-0.25, -0.2) is 0 Å². The van der Waals surface area contributed by atoms with Crippen LogP contribution in [0.4, 0.5) is 0 Å². The molecule has 0 spiro atoms. The van der Waals surface area contributed by atoms with Crippen LogP contribution in [0.2, 0.25) is 0 Å². The zero-order chi connectivity index (χ0) is 50.0. The summed E-state index contributed by atoms with van der Waals surface area (Å²) >= 11 is 0. The fourth-order valence-electron chi connectivity index (χ4n) is 8.74. The van der Waals surface area contributed by atoms with Gasteiger partial charge < -0.3 is 14.2 Å². The van der Waals surface area contributed by atoms with E-state index < -0.39 is 6.10 Å². The first kappa shape index (κ1) is 66.4. The molecule has 402 valence electrons. The van der Waals surface area contributed by atoms with Crippen LogP contribution in [0.5, 0.6) is 0 Å². The van der Waals surface area contributed by atoms with E-state index in [1.54, 1.807) is 0 Å². The fraction of sp³-hybridized carbons (Fsp3) is 0.825. The minimum atomic E-state index is -0.774. The maximum Gasteiger partial charge on any atom is 0.306 e. The van der Waals surface area contributed by atoms with E-state index in [9.17, 15) is 14.4 Å². The lowest BCUT2D eigenvalue weighted by Crippen LogP contribution is -2.30. The minimum absolute atomic E-state index is 0.0735. The van der Waals surface area contributed by atoms with Crippen molar-refractivity contribution in [2.24, 2.45) is 0 Å². The van der Waals surface area contributed by atoms with Gasteiger partial charge in [0.1, 0.15) is 13.2 Å². The number of hydrogen-bond acceptors (Lipinski definition) is 6. The second-order valence-electron chi connectivity index (χ2n) is 20.3. The Labute approximate surface area is 428 Å². The van der Waals surface area contributed by atoms with Crippen molar-refractivity contribution < 1.29 is 28.6 Å². The molecule has 0 N–H and O–H groups in total. The standard InChI is InChI=1S/C63H114O6/c1-4-7-10-13-16-19-22-24-25-26-27-28-29-30-31-32-33-34-35-36-37-39-41-44-47-50-53-56-62(65)68-59-60(58-67-61(64)55-52-49-46-43-40-21-18-15-12-9-6-3)69-63(66)57-54-51-48-45-42-38-23-20-17-14-11-8-5-2/h20,22-24,26-27,29-30,60H,4-19,21,25,28,31-59H2,1-3H3/b23-20-,24-22-,27-26-,30-29-. The Hall–Kier alpha value is -2.63. The first-order valence-electron chi connectivity index (χ1n) is 30.1. The monoisotopic (exact) mass is 967 g/mol. The molecule has 0 rings (SSSR count). The van der Waals surface area contributed by atoms with E-state index in [0.717, 1.165) is 77.0 Å². The minimum Gasteiger partial charge on any atom is -0.462 e. The first-order valence-corrected chi connectivity index (χ1v) is 30.1. The van der Waals surface area contributed by atoms with E-state index in [2.05, 4.69) is 69.4 Å². The van der Waals surface area contributed by atoms with Gasteiger partial charge in [0.15, 0.2) is 6.10 Å². The molecular formula is C63H114O6. The van der Waals surface area contributed by atoms with Crippen molar-refractivity contribution in [2.75, 3.05) is 13.2 Å². The topological polar surface area (TPSA) is 78.9 Å². The third-order valence-electron chi connectivity index (χ3n) is 13.3. The molecule has 0 amide bonds. The molecule has 0 aromatic heterocycles. The third-order valence-corrected chi connectivity index (χ3v) is 13.3. The van der Waals surface area contributed by atoms with Crippen LogP contribution in [0.1, 0.15) is 316 Å². The van der Waals surface area contributed by atoms with Gasteiger partial charge in [0.25, 0.3) is 0 Å². The van der Waals surface area contributed by atoms with E-state index in [1.807, 2.05) is 0 Å². The lowest BCUT2D eigenvalue weighted by atomic mass is 10.0. The van der Waals surface area contributed by atoms with Gasteiger partial charge >= 0.3 is 17.9 Å². The molecule has 6 heteroatoms. The predicted octanol–water partition coefficient (Wildman–Crippen LogP) is 20.2. The molecule has 69 heavy (non-hydrogen) atoms. The van der Waals surface area contributed by atoms with Gasteiger partial charge in [-0.3, -0.25) is 14.4 Å². The number of esters is 3. The summed E-state index contributed by atoms with van der Waals surface area (Å²) in [6, 6.07) is 0. The van der Waals surface area contributed by atoms with Gasteiger partial charge in [-0.15, -0.1) is 0 Å². The number of carbonyl (C=O) groups excluding carboxylic acids is 3. The summed E-state index contributed by atoms with van der Waals surface area (Å²) in [6.45, 7) is 6.63. The summed E-state index contributed by atoms with van der Waals surface area (Å²) in [6.07, 6.45) is 71.1. The first-order chi connectivity index (χ1) is 34.0. The molecule has 0 aromatic rings. The SMILES string of the molecule is CCCCCC/C=C\CCCCCCCC(=O)OC(COC(=O)CCCCCCCCCCCCC)COC(=O)CCCCCCCCCCCCCC/C=C\C/C=C\C/C=C\CCCCCCC. The van der Waals surface area contributed by atoms with Crippen LogP contribution in [0.3, 0.4) is 0 Å². The maximum atomic E-state index is 12.8. The molecule has 0 bridgehead atoms. The van der Waals surface area contributed by atoms with Crippen molar-refractivity contribution in [1.29, 1.82) is 0 Å². The Morgan fingerprint density at radius 1 is 0.290 bits per heavy atom. The average Bonchev–Trinajstić information content (AvgIpc) is 3.35. The van der Waals surface area contributed by atoms with E-state index >= 15 is 0 Å². The number of allylic oxidation sites excluding steroid dienone is 8. The van der Waals surface area contributed by atoms with E-state index in [1.165, 1.54) is 199 Å². The zero-order valence-corrected chi connectivity index (χ0v) is 46.1.